The second-order valence-corrected chi connectivity index (χ2v) is 8.63. The highest BCUT2D eigenvalue weighted by Crippen LogP contribution is 2.31. The van der Waals surface area contributed by atoms with Crippen LogP contribution in [0.15, 0.2) is 33.9 Å². The van der Waals surface area contributed by atoms with E-state index < -0.39 is 23.6 Å². The van der Waals surface area contributed by atoms with Crippen LogP contribution >= 0.6 is 11.8 Å². The van der Waals surface area contributed by atoms with Crippen molar-refractivity contribution in [3.8, 4) is 0 Å². The third kappa shape index (κ3) is 6.32. The molecule has 2 aromatic rings. The van der Waals surface area contributed by atoms with E-state index in [2.05, 4.69) is 20.8 Å². The van der Waals surface area contributed by atoms with Gasteiger partial charge in [0.2, 0.25) is 11.7 Å². The first kappa shape index (κ1) is 24.2. The summed E-state index contributed by atoms with van der Waals surface area (Å²) in [6.45, 7) is 0.696. The molecule has 7 nitrogen and oxygen atoms in total. The highest BCUT2D eigenvalue weighted by atomic mass is 32.2. The lowest BCUT2D eigenvalue weighted by Gasteiger charge is -2.24. The number of benzene rings is 1. The summed E-state index contributed by atoms with van der Waals surface area (Å²) in [5.74, 6) is -0.852. The topological polar surface area (TPSA) is 97.1 Å². The van der Waals surface area contributed by atoms with Crippen LogP contribution in [0.2, 0.25) is 0 Å². The molecule has 174 valence electrons. The summed E-state index contributed by atoms with van der Waals surface area (Å²) >= 11 is 1.26. The lowest BCUT2D eigenvalue weighted by atomic mass is 9.88. The minimum Gasteiger partial charge on any atom is -0.408 e. The van der Waals surface area contributed by atoms with E-state index in [1.165, 1.54) is 23.9 Å². The molecule has 1 atom stereocenters. The van der Waals surface area contributed by atoms with Crippen molar-refractivity contribution in [2.24, 2.45) is 5.92 Å². The average molecular weight is 471 g/mol. The fraction of sp³-hybridized carbons (Fsp3) is 0.524. The summed E-state index contributed by atoms with van der Waals surface area (Å²) in [5, 5.41) is 13.5. The van der Waals surface area contributed by atoms with Crippen molar-refractivity contribution in [2.45, 2.75) is 49.5 Å². The molecule has 1 aromatic heterocycles. The summed E-state index contributed by atoms with van der Waals surface area (Å²) in [4.78, 5) is 25.9. The molecule has 2 N–H and O–H groups in total. The molecule has 1 aliphatic carbocycles. The largest absolute Gasteiger partial charge is 0.416 e. The predicted octanol–water partition coefficient (Wildman–Crippen LogP) is 4.02. The third-order valence-electron chi connectivity index (χ3n) is 5.29. The Kier molecular flexibility index (Phi) is 8.30. The Hall–Kier alpha value is -2.40. The van der Waals surface area contributed by atoms with Crippen LogP contribution in [0.4, 0.5) is 13.2 Å². The van der Waals surface area contributed by atoms with Gasteiger partial charge in [0.1, 0.15) is 6.04 Å². The molecular weight excluding hydrogens is 445 g/mol. The molecule has 0 bridgehead atoms. The number of ketones is 1. The normalized spacial score (nSPS) is 16.0. The lowest BCUT2D eigenvalue weighted by molar-refractivity contribution is -0.137. The number of carbonyl (C=O) groups is 2. The number of nitrogens with one attached hydrogen (secondary N) is 2. The predicted molar refractivity (Wildman–Crippen MR) is 112 cm³/mol. The van der Waals surface area contributed by atoms with Gasteiger partial charge >= 0.3 is 6.18 Å². The maximum Gasteiger partial charge on any atom is 0.416 e. The zero-order valence-electron chi connectivity index (χ0n) is 17.6. The molecule has 0 radical (unpaired) electrons. The first-order chi connectivity index (χ1) is 15.3. The molecule has 0 aliphatic heterocycles. The van der Waals surface area contributed by atoms with Crippen LogP contribution < -0.4 is 10.6 Å². The van der Waals surface area contributed by atoms with E-state index in [4.69, 9.17) is 4.42 Å². The van der Waals surface area contributed by atoms with Crippen LogP contribution in [0.25, 0.3) is 0 Å². The summed E-state index contributed by atoms with van der Waals surface area (Å²) in [6, 6.07) is 2.92. The van der Waals surface area contributed by atoms with Gasteiger partial charge in [-0.25, -0.2) is 0 Å². The van der Waals surface area contributed by atoms with Crippen LogP contribution in [0, 0.1) is 5.92 Å². The van der Waals surface area contributed by atoms with Crippen LogP contribution in [0.5, 0.6) is 0 Å². The van der Waals surface area contributed by atoms with Gasteiger partial charge in [0.25, 0.3) is 11.1 Å². The van der Waals surface area contributed by atoms with Crippen molar-refractivity contribution in [3.63, 3.8) is 0 Å². The number of Topliss-reactive ketones (excluding diaryl/α,β-unsaturated/α-hetero) is 1. The molecule has 0 spiro atoms. The van der Waals surface area contributed by atoms with Gasteiger partial charge in [-0.1, -0.05) is 43.2 Å². The van der Waals surface area contributed by atoms with E-state index in [0.717, 1.165) is 31.4 Å². The van der Waals surface area contributed by atoms with Gasteiger partial charge in [-0.3, -0.25) is 9.59 Å². The van der Waals surface area contributed by atoms with Crippen LogP contribution in [0.1, 0.15) is 60.0 Å². The van der Waals surface area contributed by atoms with E-state index >= 15 is 0 Å². The number of nitrogens with zero attached hydrogens (tertiary/aromatic N) is 2. The number of carbonyl (C=O) groups excluding carboxylic acids is 2. The van der Waals surface area contributed by atoms with Crippen molar-refractivity contribution in [1.29, 1.82) is 0 Å². The molecule has 3 rings (SSSR count). The average Bonchev–Trinajstić information content (AvgIpc) is 3.26. The first-order valence-corrected chi connectivity index (χ1v) is 11.4. The van der Waals surface area contributed by atoms with E-state index in [-0.39, 0.29) is 28.5 Å². The highest BCUT2D eigenvalue weighted by Gasteiger charge is 2.33. The van der Waals surface area contributed by atoms with Crippen molar-refractivity contribution < 1.29 is 27.2 Å². The molecule has 1 unspecified atom stereocenters. The van der Waals surface area contributed by atoms with Gasteiger partial charge in [0.15, 0.2) is 0 Å². The SMILES string of the molecule is CNCCSc1nnc(C(=O)C(NC(=O)C2CCCCC2)c2ccc(C(F)(F)F)cc2)o1. The first-order valence-electron chi connectivity index (χ1n) is 10.4. The monoisotopic (exact) mass is 470 g/mol. The van der Waals surface area contributed by atoms with Crippen LogP contribution in [-0.4, -0.2) is 41.2 Å². The number of thioether (sulfide) groups is 1. The molecule has 1 fully saturated rings. The van der Waals surface area contributed by atoms with Gasteiger partial charge in [-0.15, -0.1) is 10.2 Å². The Morgan fingerprint density at radius 2 is 1.84 bits per heavy atom. The van der Waals surface area contributed by atoms with Crippen LogP contribution in [0.3, 0.4) is 0 Å². The standard InChI is InChI=1S/C21H25F3N4O3S/c1-25-11-12-32-20-28-27-19(31-20)17(29)16(26-18(30)14-5-3-2-4-6-14)13-7-9-15(10-8-13)21(22,23)24/h7-10,14,16,25H,2-6,11-12H2,1H3,(H,26,30). The quantitative estimate of drug-likeness (QED) is 0.325. The van der Waals surface area contributed by atoms with Crippen molar-refractivity contribution in [3.05, 3.63) is 41.3 Å². The molecule has 1 heterocycles. The maximum atomic E-state index is 13.1. The molecular formula is C21H25F3N4O3S. The van der Waals surface area contributed by atoms with Gasteiger partial charge < -0.3 is 15.1 Å². The summed E-state index contributed by atoms with van der Waals surface area (Å²) < 4.78 is 44.3. The van der Waals surface area contributed by atoms with E-state index in [1.807, 2.05) is 0 Å². The van der Waals surface area contributed by atoms with E-state index in [0.29, 0.717) is 25.1 Å². The van der Waals surface area contributed by atoms with Crippen LogP contribution in [-0.2, 0) is 11.0 Å². The Labute approximate surface area is 187 Å². The Bertz CT molecular complexity index is 912. The molecule has 1 aromatic carbocycles. The second-order valence-electron chi connectivity index (χ2n) is 7.59. The maximum absolute atomic E-state index is 13.1. The Morgan fingerprint density at radius 1 is 1.16 bits per heavy atom. The molecule has 1 saturated carbocycles. The third-order valence-corrected chi connectivity index (χ3v) is 6.11. The second kappa shape index (κ2) is 11.0. The zero-order chi connectivity index (χ0) is 23.1. The molecule has 0 saturated heterocycles. The summed E-state index contributed by atoms with van der Waals surface area (Å²) in [6.07, 6.45) is -0.169. The van der Waals surface area contributed by atoms with Gasteiger partial charge in [-0.2, -0.15) is 13.2 Å². The fourth-order valence-corrected chi connectivity index (χ4v) is 4.24. The molecule has 11 heteroatoms. The van der Waals surface area contributed by atoms with Gasteiger partial charge in [-0.05, 0) is 37.6 Å². The smallest absolute Gasteiger partial charge is 0.408 e. The Morgan fingerprint density at radius 3 is 2.47 bits per heavy atom. The zero-order valence-corrected chi connectivity index (χ0v) is 18.4. The van der Waals surface area contributed by atoms with Crippen molar-refractivity contribution in [1.82, 2.24) is 20.8 Å². The number of hydrogen-bond donors (Lipinski definition) is 2. The van der Waals surface area contributed by atoms with Gasteiger partial charge in [0.05, 0.1) is 5.56 Å². The molecule has 1 amide bonds. The number of amides is 1. The van der Waals surface area contributed by atoms with Gasteiger partial charge in [0, 0.05) is 18.2 Å². The Balaban J connectivity index is 1.82. The van der Waals surface area contributed by atoms with E-state index in [9.17, 15) is 22.8 Å². The number of halogens is 3. The minimum absolute atomic E-state index is 0.202. The van der Waals surface area contributed by atoms with E-state index in [1.54, 1.807) is 7.05 Å². The summed E-state index contributed by atoms with van der Waals surface area (Å²) in [5.41, 5.74) is -0.623. The lowest BCUT2D eigenvalue weighted by Crippen LogP contribution is -2.38. The van der Waals surface area contributed by atoms with Crippen molar-refractivity contribution in [2.75, 3.05) is 19.3 Å². The number of hydrogen-bond acceptors (Lipinski definition) is 7. The number of alkyl halides is 3. The molecule has 32 heavy (non-hydrogen) atoms. The molecule has 1 aliphatic rings. The summed E-state index contributed by atoms with van der Waals surface area (Å²) in [7, 11) is 1.80. The highest BCUT2D eigenvalue weighted by molar-refractivity contribution is 7.99. The number of rotatable bonds is 9. The van der Waals surface area contributed by atoms with Crippen molar-refractivity contribution >= 4 is 23.5 Å². The fourth-order valence-electron chi connectivity index (χ4n) is 3.52. The minimum atomic E-state index is -4.50. The number of aromatic nitrogens is 2.